The Morgan fingerprint density at radius 3 is 2.39 bits per heavy atom. The molecule has 0 radical (unpaired) electrons. The Morgan fingerprint density at radius 1 is 0.922 bits per heavy atom. The Hall–Kier alpha value is -5.55. The van der Waals surface area contributed by atoms with E-state index in [9.17, 15) is 19.2 Å². The van der Waals surface area contributed by atoms with Crippen molar-refractivity contribution in [1.82, 2.24) is 40.0 Å². The van der Waals surface area contributed by atoms with Crippen molar-refractivity contribution in [3.63, 3.8) is 0 Å². The molecule has 7 heterocycles. The average Bonchev–Trinajstić information content (AvgIpc) is 4.05. The van der Waals surface area contributed by atoms with Crippen LogP contribution in [0.4, 0.5) is 10.5 Å². The lowest BCUT2D eigenvalue weighted by Crippen LogP contribution is -2.62. The molecular weight excluding hydrogens is 971 g/mol. The minimum absolute atomic E-state index is 0.0616. The van der Waals surface area contributed by atoms with Crippen molar-refractivity contribution in [3.05, 3.63) is 71.5 Å². The number of aromatic nitrogens is 2. The van der Waals surface area contributed by atoms with Crippen molar-refractivity contribution in [2.24, 2.45) is 16.7 Å². The minimum atomic E-state index is -0.935. The Bertz CT molecular complexity index is 2840. The number of methoxy groups -OCH3 is 1. The molecule has 1 aliphatic carbocycles. The number of hydrazine groups is 1. The average molecular weight is 1060 g/mol. The van der Waals surface area contributed by atoms with Crippen molar-refractivity contribution in [2.75, 3.05) is 77.5 Å². The summed E-state index contributed by atoms with van der Waals surface area (Å²) < 4.78 is 20.5. The normalized spacial score (nSPS) is 24.6. The van der Waals surface area contributed by atoms with E-state index in [4.69, 9.17) is 19.2 Å². The molecule has 1 spiro atoms. The number of piperazine rings is 1. The number of ether oxygens (including phenoxy) is 3. The predicted octanol–water partition coefficient (Wildman–Crippen LogP) is 8.39. The van der Waals surface area contributed by atoms with E-state index in [1.165, 1.54) is 17.9 Å². The number of hydrogen-bond acceptors (Lipinski definition) is 12. The maximum absolute atomic E-state index is 15.0. The number of anilines is 1. The van der Waals surface area contributed by atoms with Crippen molar-refractivity contribution < 1.29 is 33.4 Å². The fourth-order valence-electron chi connectivity index (χ4n) is 13.1. The summed E-state index contributed by atoms with van der Waals surface area (Å²) in [5.74, 6) is -0.973. The summed E-state index contributed by atoms with van der Waals surface area (Å²) in [5.41, 5.74) is 11.4. The molecular formula is C61H85N9O7. The summed E-state index contributed by atoms with van der Waals surface area (Å²) in [4.78, 5) is 71.6. The third-order valence-electron chi connectivity index (χ3n) is 17.3. The van der Waals surface area contributed by atoms with Crippen molar-refractivity contribution in [1.29, 1.82) is 0 Å². The number of nitrogens with zero attached hydrogens (tertiary/aromatic N) is 7. The molecule has 5 fully saturated rings. The molecule has 1 saturated carbocycles. The van der Waals surface area contributed by atoms with Crippen LogP contribution in [-0.4, -0.2) is 156 Å². The van der Waals surface area contributed by atoms with Crippen LogP contribution in [0.2, 0.25) is 0 Å². The first-order chi connectivity index (χ1) is 36.7. The lowest BCUT2D eigenvalue weighted by molar-refractivity contribution is -0.155. The topological polar surface area (TPSA) is 154 Å². The Balaban J connectivity index is 0.999. The number of fused-ring (bicyclic) bond motifs is 6. The summed E-state index contributed by atoms with van der Waals surface area (Å²) in [6.45, 7) is 26.2. The maximum Gasteiger partial charge on any atom is 0.410 e. The van der Waals surface area contributed by atoms with Gasteiger partial charge in [-0.05, 0) is 132 Å². The summed E-state index contributed by atoms with van der Waals surface area (Å²) in [6, 6.07) is 16.0. The standard InChI is InChI=1S/C61H85N9O7/c1-11-69-51-20-17-43-32-46(51)48(54(69)47-33-45(35-62-52(47)40(4)75-10)66-28-26-65(27-29-66)44-18-19-44)34-60(8,9)38-76-57(73)49-16-13-23-70(64-49)56(72)50(31-41-14-12-15-42(43)30-41)63-55(71)53(39(2)3)67-24-21-61(36-67)22-25-68(37-61)58(74)77-59(5,6)7/h12,14-15,17,20,30,32-33,35,39-40,44,49-50,53,64H,11,13,16,18-19,21-29,31,34,36-38H2,1-10H3,(H,63,71)/t40-,49-,50-,53-,61-/m0/s1. The Labute approximate surface area is 456 Å². The smallest absolute Gasteiger partial charge is 0.410 e. The van der Waals surface area contributed by atoms with Gasteiger partial charge in [-0.25, -0.2) is 10.2 Å². The zero-order chi connectivity index (χ0) is 54.6. The highest BCUT2D eigenvalue weighted by Gasteiger charge is 2.49. The van der Waals surface area contributed by atoms with Crippen LogP contribution in [0.15, 0.2) is 54.7 Å². The number of benzene rings is 2. The molecule has 6 bridgehead atoms. The molecule has 77 heavy (non-hydrogen) atoms. The number of pyridine rings is 1. The van der Waals surface area contributed by atoms with E-state index in [2.05, 4.69) is 108 Å². The second-order valence-corrected chi connectivity index (χ2v) is 25.4. The van der Waals surface area contributed by atoms with Crippen LogP contribution in [0, 0.1) is 16.7 Å². The van der Waals surface area contributed by atoms with E-state index < -0.39 is 35.1 Å². The maximum atomic E-state index is 15.0. The summed E-state index contributed by atoms with van der Waals surface area (Å²) in [5, 5.41) is 5.93. The first-order valence-corrected chi connectivity index (χ1v) is 28.8. The van der Waals surface area contributed by atoms with Gasteiger partial charge >= 0.3 is 12.1 Å². The van der Waals surface area contributed by atoms with Crippen LogP contribution in [0.3, 0.4) is 0 Å². The van der Waals surface area contributed by atoms with Gasteiger partial charge in [0, 0.05) is 106 Å². The number of esters is 1. The quantitative estimate of drug-likeness (QED) is 0.147. The molecule has 2 N–H and O–H groups in total. The van der Waals surface area contributed by atoms with Crippen LogP contribution in [-0.2, 0) is 48.0 Å². The SMILES string of the molecule is CCn1c(-c2cc(N3CCN(C4CC4)CC3)cnc2[C@H](C)OC)c2c3cc(ccc31)-c1cccc(c1)C[C@H](NC(=O)[C@H](C(C)C)N1CC[C@]3(CCN(C(=O)OC(C)(C)C)C3)C1)C(=O)N1CCC[C@H](N1)C(=O)OCC(C)(C)C2. The summed E-state index contributed by atoms with van der Waals surface area (Å²) >= 11 is 0. The molecule has 4 aromatic rings. The van der Waals surface area contributed by atoms with Gasteiger partial charge in [0.15, 0.2) is 0 Å². The van der Waals surface area contributed by atoms with E-state index in [0.29, 0.717) is 52.0 Å². The molecule has 16 heteroatoms. The number of carbonyl (C=O) groups excluding carboxylic acids is 4. The lowest BCUT2D eigenvalue weighted by Gasteiger charge is -2.37. The van der Waals surface area contributed by atoms with E-state index >= 15 is 0 Å². The van der Waals surface area contributed by atoms with Gasteiger partial charge in [-0.2, -0.15) is 0 Å². The van der Waals surface area contributed by atoms with Crippen molar-refractivity contribution in [2.45, 2.75) is 156 Å². The molecule has 10 rings (SSSR count). The molecule has 2 aromatic heterocycles. The number of likely N-dealkylation sites (tertiary alicyclic amines) is 2. The number of rotatable bonds is 10. The fourth-order valence-corrected chi connectivity index (χ4v) is 13.1. The van der Waals surface area contributed by atoms with Crippen LogP contribution in [0.1, 0.15) is 124 Å². The highest BCUT2D eigenvalue weighted by atomic mass is 16.6. The molecule has 4 saturated heterocycles. The molecule has 3 amide bonds. The number of cyclic esters (lactones) is 1. The molecule has 2 aromatic carbocycles. The Morgan fingerprint density at radius 2 is 1.68 bits per heavy atom. The molecule has 5 aliphatic heterocycles. The van der Waals surface area contributed by atoms with Crippen molar-refractivity contribution >= 4 is 40.5 Å². The van der Waals surface area contributed by atoms with Gasteiger partial charge in [-0.1, -0.05) is 58.0 Å². The second kappa shape index (κ2) is 21.9. The third-order valence-corrected chi connectivity index (χ3v) is 17.3. The Kier molecular flexibility index (Phi) is 15.6. The van der Waals surface area contributed by atoms with Crippen LogP contribution >= 0.6 is 0 Å². The van der Waals surface area contributed by atoms with E-state index in [1.807, 2.05) is 44.0 Å². The van der Waals surface area contributed by atoms with Gasteiger partial charge in [-0.3, -0.25) is 34.2 Å². The lowest BCUT2D eigenvalue weighted by atomic mass is 9.84. The monoisotopic (exact) mass is 1060 g/mol. The molecule has 416 valence electrons. The highest BCUT2D eigenvalue weighted by Crippen LogP contribution is 2.44. The van der Waals surface area contributed by atoms with Gasteiger partial charge in [0.05, 0.1) is 42.0 Å². The van der Waals surface area contributed by atoms with Gasteiger partial charge in [0.25, 0.3) is 5.91 Å². The number of carbonyl (C=O) groups is 4. The first kappa shape index (κ1) is 54.8. The van der Waals surface area contributed by atoms with Crippen LogP contribution < -0.4 is 15.6 Å². The largest absolute Gasteiger partial charge is 0.464 e. The van der Waals surface area contributed by atoms with Gasteiger partial charge in [0.1, 0.15) is 17.7 Å². The van der Waals surface area contributed by atoms with Gasteiger partial charge in [0.2, 0.25) is 5.91 Å². The zero-order valence-corrected chi connectivity index (χ0v) is 47.6. The molecule has 6 aliphatic rings. The number of amides is 3. The third kappa shape index (κ3) is 11.8. The van der Waals surface area contributed by atoms with Crippen LogP contribution in [0.25, 0.3) is 33.3 Å². The molecule has 5 atom stereocenters. The molecule has 0 unspecified atom stereocenters. The number of hydrogen-bond donors (Lipinski definition) is 2. The van der Waals surface area contributed by atoms with Crippen molar-refractivity contribution in [3.8, 4) is 22.4 Å². The first-order valence-electron chi connectivity index (χ1n) is 28.8. The predicted molar refractivity (Wildman–Crippen MR) is 300 cm³/mol. The highest BCUT2D eigenvalue weighted by molar-refractivity contribution is 5.96. The minimum Gasteiger partial charge on any atom is -0.464 e. The van der Waals surface area contributed by atoms with E-state index in [1.54, 1.807) is 7.11 Å². The van der Waals surface area contributed by atoms with E-state index in [-0.39, 0.29) is 48.4 Å². The van der Waals surface area contributed by atoms with Crippen LogP contribution in [0.5, 0.6) is 0 Å². The molecule has 16 nitrogen and oxygen atoms in total. The number of aryl methyl sites for hydroxylation is 1. The van der Waals surface area contributed by atoms with Gasteiger partial charge < -0.3 is 33.9 Å². The zero-order valence-electron chi connectivity index (χ0n) is 47.6. The summed E-state index contributed by atoms with van der Waals surface area (Å²) in [6.07, 6.45) is 7.72. The number of nitrogens with one attached hydrogen (secondary N) is 2. The second-order valence-electron chi connectivity index (χ2n) is 25.4. The fraction of sp³-hybridized carbons (Fsp3) is 0.623. The van der Waals surface area contributed by atoms with E-state index in [0.717, 1.165) is 107 Å². The van der Waals surface area contributed by atoms with Gasteiger partial charge in [-0.15, -0.1) is 0 Å². The summed E-state index contributed by atoms with van der Waals surface area (Å²) in [7, 11) is 1.74.